The van der Waals surface area contributed by atoms with E-state index in [9.17, 15) is 14.0 Å². The maximum absolute atomic E-state index is 13.9. The highest BCUT2D eigenvalue weighted by molar-refractivity contribution is 5.94. The molecule has 0 heterocycles. The van der Waals surface area contributed by atoms with Crippen molar-refractivity contribution in [2.75, 3.05) is 0 Å². The highest BCUT2D eigenvalue weighted by atomic mass is 19.1. The fourth-order valence-corrected chi connectivity index (χ4v) is 1.82. The van der Waals surface area contributed by atoms with Gasteiger partial charge in [-0.2, -0.15) is 0 Å². The molecule has 2 aromatic carbocycles. The number of carboxylic acid groups (broad SMARTS) is 1. The lowest BCUT2D eigenvalue weighted by atomic mass is 10.1. The number of hydrogen-bond acceptors (Lipinski definition) is 3. The second-order valence-electron chi connectivity index (χ2n) is 4.61. The van der Waals surface area contributed by atoms with Crippen LogP contribution in [-0.2, 0) is 0 Å². The number of ether oxygens (including phenoxy) is 1. The summed E-state index contributed by atoms with van der Waals surface area (Å²) in [5, 5.41) is 9.14. The van der Waals surface area contributed by atoms with Crippen LogP contribution in [0.2, 0.25) is 0 Å². The van der Waals surface area contributed by atoms with Gasteiger partial charge in [0.25, 0.3) is 0 Å². The molecule has 0 radical (unpaired) electrons. The molecule has 0 spiro atoms. The summed E-state index contributed by atoms with van der Waals surface area (Å²) in [5.74, 6) is -2.23. The molecule has 5 heteroatoms. The highest BCUT2D eigenvalue weighted by Gasteiger charge is 2.15. The van der Waals surface area contributed by atoms with Crippen molar-refractivity contribution in [3.05, 3.63) is 58.9 Å². The number of halogens is 1. The molecule has 0 atom stereocenters. The van der Waals surface area contributed by atoms with E-state index in [-0.39, 0.29) is 28.4 Å². The summed E-state index contributed by atoms with van der Waals surface area (Å²) >= 11 is 0. The SMILES string of the molecule is CC(=O)c1ccc(Oc2ccc(C)cc2C(=O)O)c(F)c1. The average molecular weight is 288 g/mol. The van der Waals surface area contributed by atoms with Crippen molar-refractivity contribution in [3.8, 4) is 11.5 Å². The van der Waals surface area contributed by atoms with Gasteiger partial charge in [0.05, 0.1) is 0 Å². The van der Waals surface area contributed by atoms with Gasteiger partial charge in [-0.1, -0.05) is 11.6 Å². The molecule has 0 unspecified atom stereocenters. The first-order valence-corrected chi connectivity index (χ1v) is 6.21. The molecule has 0 aliphatic heterocycles. The number of aromatic carboxylic acids is 1. The van der Waals surface area contributed by atoms with Crippen LogP contribution in [0.25, 0.3) is 0 Å². The normalized spacial score (nSPS) is 10.2. The Kier molecular flexibility index (Phi) is 4.03. The van der Waals surface area contributed by atoms with Crippen LogP contribution in [0.5, 0.6) is 11.5 Å². The zero-order chi connectivity index (χ0) is 15.6. The number of hydrogen-bond donors (Lipinski definition) is 1. The molecule has 21 heavy (non-hydrogen) atoms. The maximum atomic E-state index is 13.9. The fraction of sp³-hybridized carbons (Fsp3) is 0.125. The number of Topliss-reactive ketones (excluding diaryl/α,β-unsaturated/α-hetero) is 1. The maximum Gasteiger partial charge on any atom is 0.339 e. The van der Waals surface area contributed by atoms with Gasteiger partial charge in [-0.25, -0.2) is 9.18 Å². The molecule has 108 valence electrons. The van der Waals surface area contributed by atoms with Crippen LogP contribution in [-0.4, -0.2) is 16.9 Å². The minimum atomic E-state index is -1.16. The van der Waals surface area contributed by atoms with Crippen LogP contribution in [0.4, 0.5) is 4.39 Å². The van der Waals surface area contributed by atoms with Crippen LogP contribution in [0.15, 0.2) is 36.4 Å². The average Bonchev–Trinajstić information content (AvgIpc) is 2.42. The van der Waals surface area contributed by atoms with Crippen LogP contribution in [0, 0.1) is 12.7 Å². The lowest BCUT2D eigenvalue weighted by Crippen LogP contribution is -2.02. The first kappa shape index (κ1) is 14.7. The summed E-state index contributed by atoms with van der Waals surface area (Å²) < 4.78 is 19.2. The predicted octanol–water partition coefficient (Wildman–Crippen LogP) is 3.83. The monoisotopic (exact) mass is 288 g/mol. The van der Waals surface area contributed by atoms with Crippen molar-refractivity contribution in [3.63, 3.8) is 0 Å². The molecule has 2 rings (SSSR count). The van der Waals surface area contributed by atoms with Crippen molar-refractivity contribution < 1.29 is 23.8 Å². The molecular formula is C16H13FO4. The van der Waals surface area contributed by atoms with Crippen LogP contribution < -0.4 is 4.74 Å². The van der Waals surface area contributed by atoms with Crippen molar-refractivity contribution in [1.82, 2.24) is 0 Å². The van der Waals surface area contributed by atoms with Gasteiger partial charge < -0.3 is 9.84 Å². The minimum absolute atomic E-state index is 0.0441. The van der Waals surface area contributed by atoms with E-state index in [1.807, 2.05) is 0 Å². The summed E-state index contributed by atoms with van der Waals surface area (Å²) in [5.41, 5.74) is 0.930. The van der Waals surface area contributed by atoms with Gasteiger partial charge in [-0.15, -0.1) is 0 Å². The summed E-state index contributed by atoms with van der Waals surface area (Å²) in [6.07, 6.45) is 0. The van der Waals surface area contributed by atoms with Gasteiger partial charge >= 0.3 is 5.97 Å². The third-order valence-electron chi connectivity index (χ3n) is 2.92. The van der Waals surface area contributed by atoms with E-state index >= 15 is 0 Å². The lowest BCUT2D eigenvalue weighted by Gasteiger charge is -2.10. The Morgan fingerprint density at radius 2 is 1.76 bits per heavy atom. The molecule has 0 aromatic heterocycles. The summed E-state index contributed by atoms with van der Waals surface area (Å²) in [6.45, 7) is 3.08. The van der Waals surface area contributed by atoms with Gasteiger partial charge in [-0.05, 0) is 44.2 Å². The zero-order valence-electron chi connectivity index (χ0n) is 11.5. The van der Waals surface area contributed by atoms with Crippen molar-refractivity contribution >= 4 is 11.8 Å². The summed E-state index contributed by atoms with van der Waals surface area (Å²) in [6, 6.07) is 8.37. The Bertz CT molecular complexity index is 722. The number of rotatable bonds is 4. The van der Waals surface area contributed by atoms with E-state index in [4.69, 9.17) is 9.84 Å². The third kappa shape index (κ3) is 3.25. The highest BCUT2D eigenvalue weighted by Crippen LogP contribution is 2.29. The quantitative estimate of drug-likeness (QED) is 0.868. The number of carboxylic acids is 1. The number of carbonyl (C=O) groups excluding carboxylic acids is 1. The zero-order valence-corrected chi connectivity index (χ0v) is 11.5. The lowest BCUT2D eigenvalue weighted by molar-refractivity contribution is 0.0693. The molecule has 4 nitrogen and oxygen atoms in total. The van der Waals surface area contributed by atoms with Crippen molar-refractivity contribution in [2.24, 2.45) is 0 Å². The van der Waals surface area contributed by atoms with E-state index in [2.05, 4.69) is 0 Å². The van der Waals surface area contributed by atoms with Gasteiger partial charge in [0.2, 0.25) is 0 Å². The van der Waals surface area contributed by atoms with Gasteiger partial charge in [-0.3, -0.25) is 4.79 Å². The van der Waals surface area contributed by atoms with Gasteiger partial charge in [0, 0.05) is 5.56 Å². The third-order valence-corrected chi connectivity index (χ3v) is 2.92. The number of carbonyl (C=O) groups is 2. The Labute approximate surface area is 120 Å². The second kappa shape index (κ2) is 5.75. The molecule has 2 aromatic rings. The van der Waals surface area contributed by atoms with Crippen molar-refractivity contribution in [1.29, 1.82) is 0 Å². The van der Waals surface area contributed by atoms with Gasteiger partial charge in [0.1, 0.15) is 11.3 Å². The van der Waals surface area contributed by atoms with Crippen molar-refractivity contribution in [2.45, 2.75) is 13.8 Å². The molecule has 0 aliphatic rings. The molecule has 0 amide bonds. The predicted molar refractivity (Wildman–Crippen MR) is 74.6 cm³/mol. The minimum Gasteiger partial charge on any atom is -0.478 e. The first-order valence-electron chi connectivity index (χ1n) is 6.21. The smallest absolute Gasteiger partial charge is 0.339 e. The number of benzene rings is 2. The Hall–Kier alpha value is -2.69. The number of aryl methyl sites for hydroxylation is 1. The molecule has 0 bridgehead atoms. The Morgan fingerprint density at radius 3 is 2.33 bits per heavy atom. The van der Waals surface area contributed by atoms with Crippen LogP contribution in [0.1, 0.15) is 33.2 Å². The summed E-state index contributed by atoms with van der Waals surface area (Å²) in [7, 11) is 0. The second-order valence-corrected chi connectivity index (χ2v) is 4.61. The molecular weight excluding hydrogens is 275 g/mol. The van der Waals surface area contributed by atoms with E-state index in [0.717, 1.165) is 11.6 Å². The van der Waals surface area contributed by atoms with E-state index in [1.165, 1.54) is 31.2 Å². The standard InChI is InChI=1S/C16H13FO4/c1-9-3-5-14(12(7-9)16(19)20)21-15-6-4-11(10(2)18)8-13(15)17/h3-8H,1-2H3,(H,19,20). The fourth-order valence-electron chi connectivity index (χ4n) is 1.82. The van der Waals surface area contributed by atoms with E-state index in [1.54, 1.807) is 13.0 Å². The largest absolute Gasteiger partial charge is 0.478 e. The number of ketones is 1. The van der Waals surface area contributed by atoms with E-state index in [0.29, 0.717) is 0 Å². The Balaban J connectivity index is 2.39. The topological polar surface area (TPSA) is 63.6 Å². The molecule has 1 N–H and O–H groups in total. The molecule has 0 saturated heterocycles. The molecule has 0 saturated carbocycles. The summed E-state index contributed by atoms with van der Waals surface area (Å²) in [4.78, 5) is 22.3. The van der Waals surface area contributed by atoms with Crippen LogP contribution >= 0.6 is 0 Å². The van der Waals surface area contributed by atoms with E-state index < -0.39 is 11.8 Å². The molecule has 0 aliphatic carbocycles. The van der Waals surface area contributed by atoms with Gasteiger partial charge in [0.15, 0.2) is 17.3 Å². The Morgan fingerprint density at radius 1 is 1.10 bits per heavy atom. The molecule has 0 fully saturated rings. The van der Waals surface area contributed by atoms with Crippen LogP contribution in [0.3, 0.4) is 0 Å². The first-order chi connectivity index (χ1) is 9.88.